The summed E-state index contributed by atoms with van der Waals surface area (Å²) in [6.45, 7) is 2.88. The van der Waals surface area contributed by atoms with Crippen LogP contribution in [-0.4, -0.2) is 61.8 Å². The number of likely N-dealkylation sites (tertiary alicyclic amines) is 1. The number of para-hydroxylation sites is 1. The standard InChI is InChI=1S/C23H29N3O2/c1-25(2)21-6-4-3-5-20(21)17-7-9-18(10-8-17)22(27)26-14-12-23(28)11-13-24-15-19(23)16-26/h3-10,19,24,28H,11-16H2,1-2H3. The highest BCUT2D eigenvalue weighted by atomic mass is 16.3. The highest BCUT2D eigenvalue weighted by molar-refractivity contribution is 5.95. The van der Waals surface area contributed by atoms with Gasteiger partial charge in [0.25, 0.3) is 5.91 Å². The van der Waals surface area contributed by atoms with Crippen LogP contribution in [0.3, 0.4) is 0 Å². The fourth-order valence-corrected chi connectivity index (χ4v) is 4.49. The molecule has 0 aliphatic carbocycles. The van der Waals surface area contributed by atoms with Gasteiger partial charge in [-0.2, -0.15) is 0 Å². The summed E-state index contributed by atoms with van der Waals surface area (Å²) < 4.78 is 0. The lowest BCUT2D eigenvalue weighted by molar-refractivity contribution is -0.0817. The van der Waals surface area contributed by atoms with Gasteiger partial charge in [-0.3, -0.25) is 4.79 Å². The van der Waals surface area contributed by atoms with Crippen LogP contribution in [0, 0.1) is 5.92 Å². The first-order chi connectivity index (χ1) is 13.5. The number of hydrogen-bond acceptors (Lipinski definition) is 4. The van der Waals surface area contributed by atoms with Gasteiger partial charge in [0.1, 0.15) is 0 Å². The first-order valence-electron chi connectivity index (χ1n) is 10.1. The second-order valence-electron chi connectivity index (χ2n) is 8.24. The zero-order valence-corrected chi connectivity index (χ0v) is 16.7. The normalized spacial score (nSPS) is 24.5. The average molecular weight is 380 g/mol. The number of fused-ring (bicyclic) bond motifs is 1. The van der Waals surface area contributed by atoms with Gasteiger partial charge in [-0.1, -0.05) is 30.3 Å². The van der Waals surface area contributed by atoms with E-state index in [4.69, 9.17) is 0 Å². The van der Waals surface area contributed by atoms with E-state index in [1.165, 1.54) is 0 Å². The number of benzene rings is 2. The molecule has 2 atom stereocenters. The molecular weight excluding hydrogens is 350 g/mol. The molecule has 28 heavy (non-hydrogen) atoms. The molecule has 2 heterocycles. The van der Waals surface area contributed by atoms with Crippen molar-refractivity contribution in [2.45, 2.75) is 18.4 Å². The van der Waals surface area contributed by atoms with E-state index in [-0.39, 0.29) is 11.8 Å². The highest BCUT2D eigenvalue weighted by Crippen LogP contribution is 2.34. The van der Waals surface area contributed by atoms with E-state index in [1.54, 1.807) is 0 Å². The molecule has 0 saturated carbocycles. The number of piperidine rings is 2. The van der Waals surface area contributed by atoms with E-state index in [0.717, 1.165) is 36.3 Å². The Hall–Kier alpha value is -2.37. The molecule has 2 unspecified atom stereocenters. The van der Waals surface area contributed by atoms with Gasteiger partial charge in [0.2, 0.25) is 0 Å². The van der Waals surface area contributed by atoms with E-state index >= 15 is 0 Å². The van der Waals surface area contributed by atoms with Crippen molar-refractivity contribution in [2.75, 3.05) is 45.2 Å². The quantitative estimate of drug-likeness (QED) is 0.861. The molecule has 1 amide bonds. The summed E-state index contributed by atoms with van der Waals surface area (Å²) in [5, 5.41) is 14.2. The van der Waals surface area contributed by atoms with Crippen molar-refractivity contribution in [1.29, 1.82) is 0 Å². The number of rotatable bonds is 3. The van der Waals surface area contributed by atoms with Gasteiger partial charge < -0.3 is 20.2 Å². The largest absolute Gasteiger partial charge is 0.389 e. The Morgan fingerprint density at radius 2 is 1.89 bits per heavy atom. The fraction of sp³-hybridized carbons (Fsp3) is 0.435. The van der Waals surface area contributed by atoms with E-state index in [9.17, 15) is 9.90 Å². The van der Waals surface area contributed by atoms with Crippen molar-refractivity contribution >= 4 is 11.6 Å². The monoisotopic (exact) mass is 379 g/mol. The van der Waals surface area contributed by atoms with Gasteiger partial charge in [-0.25, -0.2) is 0 Å². The fourth-order valence-electron chi connectivity index (χ4n) is 4.49. The molecule has 148 valence electrons. The number of carbonyl (C=O) groups excluding carboxylic acids is 1. The zero-order valence-electron chi connectivity index (χ0n) is 16.7. The van der Waals surface area contributed by atoms with Crippen LogP contribution in [0.25, 0.3) is 11.1 Å². The van der Waals surface area contributed by atoms with Crippen molar-refractivity contribution < 1.29 is 9.90 Å². The Labute approximate surface area is 167 Å². The van der Waals surface area contributed by atoms with Crippen LogP contribution in [0.5, 0.6) is 0 Å². The molecule has 2 fully saturated rings. The molecule has 0 spiro atoms. The maximum absolute atomic E-state index is 13.0. The molecule has 0 aromatic heterocycles. The summed E-state index contributed by atoms with van der Waals surface area (Å²) in [6.07, 6.45) is 1.44. The lowest BCUT2D eigenvalue weighted by Crippen LogP contribution is -2.59. The minimum Gasteiger partial charge on any atom is -0.389 e. The molecule has 2 aromatic carbocycles. The first kappa shape index (κ1) is 19.0. The summed E-state index contributed by atoms with van der Waals surface area (Å²) >= 11 is 0. The minimum atomic E-state index is -0.609. The van der Waals surface area contributed by atoms with Crippen molar-refractivity contribution in [1.82, 2.24) is 10.2 Å². The van der Waals surface area contributed by atoms with Gasteiger partial charge in [-0.05, 0) is 43.1 Å². The van der Waals surface area contributed by atoms with Crippen molar-refractivity contribution in [3.63, 3.8) is 0 Å². The SMILES string of the molecule is CN(C)c1ccccc1-c1ccc(C(=O)N2CCC3(O)CCNCC3C2)cc1. The molecule has 5 heteroatoms. The number of hydrogen-bond donors (Lipinski definition) is 2. The predicted octanol–water partition coefficient (Wildman–Crippen LogP) is 2.61. The van der Waals surface area contributed by atoms with Crippen LogP contribution in [0.15, 0.2) is 48.5 Å². The van der Waals surface area contributed by atoms with Crippen LogP contribution in [0.1, 0.15) is 23.2 Å². The van der Waals surface area contributed by atoms with E-state index < -0.39 is 5.60 Å². The summed E-state index contributed by atoms with van der Waals surface area (Å²) in [4.78, 5) is 17.0. The highest BCUT2D eigenvalue weighted by Gasteiger charge is 2.43. The lowest BCUT2D eigenvalue weighted by atomic mass is 9.76. The molecule has 4 rings (SSSR count). The van der Waals surface area contributed by atoms with E-state index in [1.807, 2.05) is 55.4 Å². The average Bonchev–Trinajstić information content (AvgIpc) is 2.72. The molecule has 2 aliphatic rings. The number of nitrogens with one attached hydrogen (secondary N) is 1. The summed E-state index contributed by atoms with van der Waals surface area (Å²) in [5.74, 6) is 0.172. The van der Waals surface area contributed by atoms with Gasteiger partial charge in [0, 0.05) is 56.5 Å². The molecule has 2 N–H and O–H groups in total. The van der Waals surface area contributed by atoms with Gasteiger partial charge in [0.05, 0.1) is 5.60 Å². The van der Waals surface area contributed by atoms with Gasteiger partial charge in [-0.15, -0.1) is 0 Å². The van der Waals surface area contributed by atoms with Crippen LogP contribution >= 0.6 is 0 Å². The van der Waals surface area contributed by atoms with Crippen molar-refractivity contribution in [3.8, 4) is 11.1 Å². The minimum absolute atomic E-state index is 0.0556. The van der Waals surface area contributed by atoms with Crippen LogP contribution in [-0.2, 0) is 0 Å². The van der Waals surface area contributed by atoms with Gasteiger partial charge >= 0.3 is 0 Å². The molecule has 0 radical (unpaired) electrons. The topological polar surface area (TPSA) is 55.8 Å². The Morgan fingerprint density at radius 1 is 1.14 bits per heavy atom. The van der Waals surface area contributed by atoms with Gasteiger partial charge in [0.15, 0.2) is 0 Å². The molecule has 0 bridgehead atoms. The Kier molecular flexibility index (Phi) is 5.13. The van der Waals surface area contributed by atoms with E-state index in [0.29, 0.717) is 25.1 Å². The number of anilines is 1. The summed E-state index contributed by atoms with van der Waals surface area (Å²) in [7, 11) is 4.07. The Bertz CT molecular complexity index is 849. The first-order valence-corrected chi connectivity index (χ1v) is 10.1. The second-order valence-corrected chi connectivity index (χ2v) is 8.24. The Balaban J connectivity index is 1.51. The zero-order chi connectivity index (χ0) is 19.7. The molecule has 2 aromatic rings. The maximum Gasteiger partial charge on any atom is 0.253 e. The third-order valence-electron chi connectivity index (χ3n) is 6.26. The predicted molar refractivity (Wildman–Crippen MR) is 113 cm³/mol. The molecule has 2 saturated heterocycles. The van der Waals surface area contributed by atoms with Crippen molar-refractivity contribution in [2.24, 2.45) is 5.92 Å². The van der Waals surface area contributed by atoms with Crippen molar-refractivity contribution in [3.05, 3.63) is 54.1 Å². The number of nitrogens with zero attached hydrogens (tertiary/aromatic N) is 2. The molecular formula is C23H29N3O2. The smallest absolute Gasteiger partial charge is 0.253 e. The lowest BCUT2D eigenvalue weighted by Gasteiger charge is -2.47. The Morgan fingerprint density at radius 3 is 2.64 bits per heavy atom. The number of carbonyl (C=O) groups is 1. The third kappa shape index (κ3) is 3.52. The van der Waals surface area contributed by atoms with E-state index in [2.05, 4.69) is 22.3 Å². The number of aliphatic hydroxyl groups is 1. The summed E-state index contributed by atoms with van der Waals surface area (Å²) in [6, 6.07) is 16.2. The van der Waals surface area contributed by atoms with Crippen LogP contribution in [0.2, 0.25) is 0 Å². The number of amides is 1. The van der Waals surface area contributed by atoms with Crippen LogP contribution < -0.4 is 10.2 Å². The maximum atomic E-state index is 13.0. The second kappa shape index (κ2) is 7.57. The van der Waals surface area contributed by atoms with Crippen LogP contribution in [0.4, 0.5) is 5.69 Å². The third-order valence-corrected chi connectivity index (χ3v) is 6.26. The molecule has 5 nitrogen and oxygen atoms in total. The summed E-state index contributed by atoms with van der Waals surface area (Å²) in [5.41, 5.74) is 3.51. The molecule has 2 aliphatic heterocycles.